The predicted molar refractivity (Wildman–Crippen MR) is 148 cm³/mol. The summed E-state index contributed by atoms with van der Waals surface area (Å²) in [6.07, 6.45) is 28.1. The molecule has 1 radical (unpaired) electrons. The van der Waals surface area contributed by atoms with E-state index >= 15 is 0 Å². The minimum atomic E-state index is -0.489. The van der Waals surface area contributed by atoms with Crippen molar-refractivity contribution >= 4 is 11.9 Å². The molecule has 0 saturated carbocycles. The molecule has 0 fully saturated rings. The SMILES string of the molecule is CCCCCCCCCCCCCC(=O)O[CH]C(C)OC(=O)CCCCCCCCCCCCC. The molecule has 4 nitrogen and oxygen atoms in total. The fourth-order valence-electron chi connectivity index (χ4n) is 4.39. The third-order valence-corrected chi connectivity index (χ3v) is 6.68. The van der Waals surface area contributed by atoms with Crippen molar-refractivity contribution in [1.82, 2.24) is 0 Å². The van der Waals surface area contributed by atoms with E-state index in [0.29, 0.717) is 12.8 Å². The van der Waals surface area contributed by atoms with Crippen LogP contribution in [0, 0.1) is 6.61 Å². The van der Waals surface area contributed by atoms with Crippen LogP contribution >= 0.6 is 0 Å². The summed E-state index contributed by atoms with van der Waals surface area (Å²) >= 11 is 0. The van der Waals surface area contributed by atoms with Crippen LogP contribution < -0.4 is 0 Å². The Morgan fingerprint density at radius 1 is 0.514 bits per heavy atom. The van der Waals surface area contributed by atoms with Crippen LogP contribution in [-0.4, -0.2) is 18.0 Å². The Kier molecular flexibility index (Phi) is 26.7. The number of carbonyl (C=O) groups excluding carboxylic acids is 2. The van der Waals surface area contributed by atoms with E-state index in [2.05, 4.69) is 13.8 Å². The second-order valence-corrected chi connectivity index (χ2v) is 10.4. The van der Waals surface area contributed by atoms with Crippen LogP contribution in [0.1, 0.15) is 175 Å². The summed E-state index contributed by atoms with van der Waals surface area (Å²) in [5.41, 5.74) is 0. The third kappa shape index (κ3) is 27.4. The third-order valence-electron chi connectivity index (χ3n) is 6.68. The highest BCUT2D eigenvalue weighted by atomic mass is 16.6. The van der Waals surface area contributed by atoms with Crippen molar-refractivity contribution in [2.75, 3.05) is 0 Å². The first kappa shape index (κ1) is 33.9. The van der Waals surface area contributed by atoms with Crippen molar-refractivity contribution < 1.29 is 19.1 Å². The monoisotopic (exact) mass is 495 g/mol. The Hall–Kier alpha value is -1.06. The van der Waals surface area contributed by atoms with Gasteiger partial charge in [-0.25, -0.2) is 0 Å². The molecule has 0 aliphatic heterocycles. The summed E-state index contributed by atoms with van der Waals surface area (Å²) in [6, 6.07) is 0. The Morgan fingerprint density at radius 2 is 0.829 bits per heavy atom. The van der Waals surface area contributed by atoms with Crippen molar-refractivity contribution in [3.8, 4) is 0 Å². The van der Waals surface area contributed by atoms with Crippen molar-refractivity contribution in [2.24, 2.45) is 0 Å². The quantitative estimate of drug-likeness (QED) is 0.0840. The first-order valence-corrected chi connectivity index (χ1v) is 15.3. The number of esters is 2. The maximum absolute atomic E-state index is 12.0. The van der Waals surface area contributed by atoms with E-state index in [1.165, 1.54) is 122 Å². The molecule has 0 saturated heterocycles. The Balaban J connectivity index is 3.43. The van der Waals surface area contributed by atoms with Gasteiger partial charge in [0.25, 0.3) is 0 Å². The lowest BCUT2D eigenvalue weighted by Crippen LogP contribution is -2.18. The average Bonchev–Trinajstić information content (AvgIpc) is 2.84. The lowest BCUT2D eigenvalue weighted by atomic mass is 10.1. The summed E-state index contributed by atoms with van der Waals surface area (Å²) < 4.78 is 10.5. The molecule has 0 bridgehead atoms. The molecule has 35 heavy (non-hydrogen) atoms. The number of rotatable bonds is 27. The molecule has 0 rings (SSSR count). The van der Waals surface area contributed by atoms with Crippen molar-refractivity contribution in [3.63, 3.8) is 0 Å². The van der Waals surface area contributed by atoms with E-state index in [9.17, 15) is 9.59 Å². The molecule has 0 heterocycles. The summed E-state index contributed by atoms with van der Waals surface area (Å²) in [4.78, 5) is 23.8. The van der Waals surface area contributed by atoms with Gasteiger partial charge < -0.3 is 9.47 Å². The zero-order valence-electron chi connectivity index (χ0n) is 23.8. The van der Waals surface area contributed by atoms with Gasteiger partial charge in [0.2, 0.25) is 0 Å². The van der Waals surface area contributed by atoms with Crippen LogP contribution in [0.3, 0.4) is 0 Å². The molecule has 4 heteroatoms. The van der Waals surface area contributed by atoms with E-state index in [0.717, 1.165) is 25.7 Å². The standard InChI is InChI=1S/C31H59O4/c1-4-6-8-10-12-14-16-18-20-22-24-26-30(32)34-28-29(3)35-31(33)27-25-23-21-19-17-15-13-11-9-7-5-2/h28-29H,4-27H2,1-3H3. The molecule has 0 aromatic heterocycles. The first-order valence-electron chi connectivity index (χ1n) is 15.3. The number of carbonyl (C=O) groups is 2. The zero-order chi connectivity index (χ0) is 25.8. The number of hydrogen-bond acceptors (Lipinski definition) is 4. The molecule has 1 atom stereocenters. The van der Waals surface area contributed by atoms with Gasteiger partial charge in [-0.2, -0.15) is 0 Å². The summed E-state index contributed by atoms with van der Waals surface area (Å²) in [5, 5.41) is 0. The molecule has 0 aromatic carbocycles. The zero-order valence-corrected chi connectivity index (χ0v) is 23.8. The molecule has 0 N–H and O–H groups in total. The van der Waals surface area contributed by atoms with E-state index in [-0.39, 0.29) is 11.9 Å². The fraction of sp³-hybridized carbons (Fsp3) is 0.903. The summed E-state index contributed by atoms with van der Waals surface area (Å²) in [7, 11) is 0. The van der Waals surface area contributed by atoms with Gasteiger partial charge >= 0.3 is 11.9 Å². The van der Waals surface area contributed by atoms with Gasteiger partial charge in [-0.3, -0.25) is 9.59 Å². The predicted octanol–water partition coefficient (Wildman–Crippen LogP) is 10.0. The van der Waals surface area contributed by atoms with Crippen molar-refractivity contribution in [1.29, 1.82) is 0 Å². The van der Waals surface area contributed by atoms with Crippen LogP contribution in [0.5, 0.6) is 0 Å². The molecule has 0 amide bonds. The highest BCUT2D eigenvalue weighted by Gasteiger charge is 2.13. The highest BCUT2D eigenvalue weighted by Crippen LogP contribution is 2.14. The van der Waals surface area contributed by atoms with Gasteiger partial charge in [-0.1, -0.05) is 142 Å². The summed E-state index contributed by atoms with van der Waals surface area (Å²) in [6.45, 7) is 7.61. The maximum atomic E-state index is 12.0. The minimum absolute atomic E-state index is 0.203. The second-order valence-electron chi connectivity index (χ2n) is 10.4. The fourth-order valence-corrected chi connectivity index (χ4v) is 4.39. The number of ether oxygens (including phenoxy) is 2. The number of unbranched alkanes of at least 4 members (excludes halogenated alkanes) is 20. The lowest BCUT2D eigenvalue weighted by Gasteiger charge is -2.13. The summed E-state index contributed by atoms with van der Waals surface area (Å²) in [5.74, 6) is -0.430. The Bertz CT molecular complexity index is 463. The van der Waals surface area contributed by atoms with Crippen LogP contribution in [0.15, 0.2) is 0 Å². The van der Waals surface area contributed by atoms with Gasteiger partial charge in [0, 0.05) is 12.8 Å². The van der Waals surface area contributed by atoms with Gasteiger partial charge in [0.15, 0.2) is 6.61 Å². The van der Waals surface area contributed by atoms with Crippen LogP contribution in [0.4, 0.5) is 0 Å². The van der Waals surface area contributed by atoms with Crippen molar-refractivity contribution in [3.05, 3.63) is 6.61 Å². The van der Waals surface area contributed by atoms with E-state index < -0.39 is 6.10 Å². The van der Waals surface area contributed by atoms with Crippen molar-refractivity contribution in [2.45, 2.75) is 181 Å². The second kappa shape index (κ2) is 27.5. The molecular weight excluding hydrogens is 436 g/mol. The molecular formula is C31H59O4. The number of hydrogen-bond donors (Lipinski definition) is 0. The molecule has 0 spiro atoms. The van der Waals surface area contributed by atoms with E-state index in [1.54, 1.807) is 6.92 Å². The van der Waals surface area contributed by atoms with E-state index in [1.807, 2.05) is 0 Å². The van der Waals surface area contributed by atoms with Gasteiger partial charge in [-0.15, -0.1) is 0 Å². The molecule has 0 aliphatic carbocycles. The van der Waals surface area contributed by atoms with E-state index in [4.69, 9.17) is 9.47 Å². The Morgan fingerprint density at radius 3 is 1.20 bits per heavy atom. The molecule has 0 aliphatic rings. The smallest absolute Gasteiger partial charge is 0.306 e. The van der Waals surface area contributed by atoms with Gasteiger partial charge in [-0.05, 0) is 19.8 Å². The van der Waals surface area contributed by atoms with Crippen LogP contribution in [0.2, 0.25) is 0 Å². The largest absolute Gasteiger partial charge is 0.459 e. The topological polar surface area (TPSA) is 52.6 Å². The molecule has 1 unspecified atom stereocenters. The maximum Gasteiger partial charge on any atom is 0.306 e. The highest BCUT2D eigenvalue weighted by molar-refractivity contribution is 5.70. The lowest BCUT2D eigenvalue weighted by molar-refractivity contribution is -0.153. The Labute approximate surface area is 218 Å². The molecule has 207 valence electrons. The van der Waals surface area contributed by atoms with Gasteiger partial charge in [0.1, 0.15) is 6.10 Å². The average molecular weight is 496 g/mol. The first-order chi connectivity index (χ1) is 17.1. The molecule has 0 aromatic rings. The van der Waals surface area contributed by atoms with Crippen LogP contribution in [0.25, 0.3) is 0 Å². The van der Waals surface area contributed by atoms with Crippen LogP contribution in [-0.2, 0) is 19.1 Å². The van der Waals surface area contributed by atoms with Gasteiger partial charge in [0.05, 0.1) is 0 Å². The normalized spacial score (nSPS) is 12.0. The minimum Gasteiger partial charge on any atom is -0.459 e.